The summed E-state index contributed by atoms with van der Waals surface area (Å²) in [7, 11) is 0. The highest BCUT2D eigenvalue weighted by atomic mass is 15.1. The van der Waals surface area contributed by atoms with E-state index in [0.29, 0.717) is 6.85 Å². The van der Waals surface area contributed by atoms with Gasteiger partial charge in [-0.25, -0.2) is 0 Å². The van der Waals surface area contributed by atoms with Crippen molar-refractivity contribution in [2.24, 2.45) is 0 Å². The first-order chi connectivity index (χ1) is 9.45. The van der Waals surface area contributed by atoms with Crippen LogP contribution in [0.25, 0.3) is 0 Å². The molecule has 1 heterocycles. The molecular weight excluding hydrogens is 229 g/mol. The Labute approximate surface area is 116 Å². The molecule has 1 fully saturated rings. The molecule has 1 nitrogen and oxygen atoms in total. The molecular formula is C17H20BN. The zero-order valence-corrected chi connectivity index (χ0v) is 11.3. The summed E-state index contributed by atoms with van der Waals surface area (Å²) in [5, 5.41) is 0. The molecule has 2 heteroatoms. The topological polar surface area (TPSA) is 3.24 Å². The first-order valence-electron chi connectivity index (χ1n) is 7.29. The predicted octanol–water partition coefficient (Wildman–Crippen LogP) is 2.28. The molecule has 0 radical (unpaired) electrons. The van der Waals surface area contributed by atoms with Crippen LogP contribution in [0.2, 0.25) is 0 Å². The lowest BCUT2D eigenvalue weighted by atomic mass is 9.49. The molecule has 2 aromatic carbocycles. The van der Waals surface area contributed by atoms with Gasteiger partial charge in [0.15, 0.2) is 0 Å². The Kier molecular flexibility index (Phi) is 3.99. The highest BCUT2D eigenvalue weighted by molar-refractivity contribution is 6.82. The number of piperidine rings is 1. The minimum absolute atomic E-state index is 0.419. The van der Waals surface area contributed by atoms with Gasteiger partial charge in [-0.1, -0.05) is 78.0 Å². The number of hydrogen-bond acceptors (Lipinski definition) is 1. The van der Waals surface area contributed by atoms with E-state index < -0.39 is 0 Å². The van der Waals surface area contributed by atoms with Crippen LogP contribution in [0.4, 0.5) is 0 Å². The highest BCUT2D eigenvalue weighted by Crippen LogP contribution is 2.11. The van der Waals surface area contributed by atoms with Crippen LogP contribution in [0, 0.1) is 0 Å². The summed E-state index contributed by atoms with van der Waals surface area (Å²) in [5.74, 6) is 0. The lowest BCUT2D eigenvalue weighted by molar-refractivity contribution is 0.358. The third-order valence-electron chi connectivity index (χ3n) is 3.99. The van der Waals surface area contributed by atoms with Gasteiger partial charge in [0.2, 0.25) is 0 Å². The van der Waals surface area contributed by atoms with Gasteiger partial charge in [0.05, 0.1) is 0 Å². The number of hydrogen-bond donors (Lipinski definition) is 0. The van der Waals surface area contributed by atoms with Crippen LogP contribution >= 0.6 is 0 Å². The van der Waals surface area contributed by atoms with E-state index in [9.17, 15) is 0 Å². The zero-order chi connectivity index (χ0) is 12.9. The summed E-state index contributed by atoms with van der Waals surface area (Å²) in [5.41, 5.74) is 2.83. The smallest absolute Gasteiger partial charge is 0.292 e. The second-order valence-corrected chi connectivity index (χ2v) is 5.32. The van der Waals surface area contributed by atoms with E-state index in [1.165, 1.54) is 43.3 Å². The van der Waals surface area contributed by atoms with Crippen molar-refractivity contribution in [3.05, 3.63) is 60.7 Å². The van der Waals surface area contributed by atoms with E-state index >= 15 is 0 Å². The normalized spacial score (nSPS) is 16.2. The Bertz CT molecular complexity index is 452. The standard InChI is InChI=1S/C17H20BN/c1-4-10-16(11-5-1)18(17-12-6-2-7-13-17)19-14-8-3-9-15-19/h1-2,4-7,10-13H,3,8-9,14-15H2. The molecule has 0 atom stereocenters. The molecule has 0 unspecified atom stereocenters. The van der Waals surface area contributed by atoms with Crippen LogP contribution in [0.15, 0.2) is 60.7 Å². The molecule has 96 valence electrons. The van der Waals surface area contributed by atoms with Gasteiger partial charge in [0, 0.05) is 0 Å². The number of benzene rings is 2. The van der Waals surface area contributed by atoms with Crippen molar-refractivity contribution in [2.45, 2.75) is 19.3 Å². The number of nitrogens with zero attached hydrogens (tertiary/aromatic N) is 1. The summed E-state index contributed by atoms with van der Waals surface area (Å²) in [4.78, 5) is 2.63. The summed E-state index contributed by atoms with van der Waals surface area (Å²) in [6.45, 7) is 2.85. The van der Waals surface area contributed by atoms with E-state index in [4.69, 9.17) is 0 Å². The van der Waals surface area contributed by atoms with Crippen molar-refractivity contribution in [1.82, 2.24) is 4.81 Å². The molecule has 0 spiro atoms. The molecule has 1 saturated heterocycles. The van der Waals surface area contributed by atoms with E-state index in [1.807, 2.05) is 0 Å². The van der Waals surface area contributed by atoms with E-state index in [-0.39, 0.29) is 0 Å². The van der Waals surface area contributed by atoms with Gasteiger partial charge in [0.25, 0.3) is 6.85 Å². The summed E-state index contributed by atoms with van der Waals surface area (Å²) in [6.07, 6.45) is 4.04. The maximum absolute atomic E-state index is 2.63. The minimum atomic E-state index is 0.419. The average molecular weight is 249 g/mol. The Morgan fingerprint density at radius 3 is 1.58 bits per heavy atom. The van der Waals surface area contributed by atoms with Gasteiger partial charge < -0.3 is 4.81 Å². The fourth-order valence-corrected chi connectivity index (χ4v) is 3.06. The van der Waals surface area contributed by atoms with Crippen molar-refractivity contribution < 1.29 is 0 Å². The Morgan fingerprint density at radius 2 is 1.11 bits per heavy atom. The SMILES string of the molecule is c1ccc(B(c2ccccc2)N2CCCCC2)cc1. The summed E-state index contributed by atoms with van der Waals surface area (Å²) < 4.78 is 0. The molecule has 1 aliphatic rings. The largest absolute Gasteiger partial charge is 0.334 e. The predicted molar refractivity (Wildman–Crippen MR) is 83.3 cm³/mol. The van der Waals surface area contributed by atoms with Crippen molar-refractivity contribution in [1.29, 1.82) is 0 Å². The molecule has 2 aromatic rings. The Hall–Kier alpha value is -1.54. The van der Waals surface area contributed by atoms with Gasteiger partial charge in [-0.05, 0) is 25.9 Å². The fraction of sp³-hybridized carbons (Fsp3) is 0.294. The Morgan fingerprint density at radius 1 is 0.632 bits per heavy atom. The van der Waals surface area contributed by atoms with Gasteiger partial charge in [-0.3, -0.25) is 0 Å². The van der Waals surface area contributed by atoms with Gasteiger partial charge in [0.1, 0.15) is 0 Å². The Balaban J connectivity index is 1.96. The molecule has 0 N–H and O–H groups in total. The summed E-state index contributed by atoms with van der Waals surface area (Å²) in [6, 6.07) is 21.8. The molecule has 0 bridgehead atoms. The number of rotatable bonds is 3. The van der Waals surface area contributed by atoms with Crippen molar-refractivity contribution in [3.8, 4) is 0 Å². The maximum Gasteiger partial charge on any atom is 0.292 e. The van der Waals surface area contributed by atoms with Crippen LogP contribution in [0.5, 0.6) is 0 Å². The second kappa shape index (κ2) is 6.07. The van der Waals surface area contributed by atoms with Crippen LogP contribution in [-0.4, -0.2) is 24.7 Å². The third kappa shape index (κ3) is 2.90. The molecule has 3 rings (SSSR count). The lowest BCUT2D eigenvalue weighted by Gasteiger charge is -2.33. The van der Waals surface area contributed by atoms with E-state index in [0.717, 1.165) is 0 Å². The third-order valence-corrected chi connectivity index (χ3v) is 3.99. The molecule has 0 amide bonds. The van der Waals surface area contributed by atoms with Crippen LogP contribution in [-0.2, 0) is 0 Å². The monoisotopic (exact) mass is 249 g/mol. The molecule has 0 saturated carbocycles. The van der Waals surface area contributed by atoms with Crippen molar-refractivity contribution in [3.63, 3.8) is 0 Å². The first-order valence-corrected chi connectivity index (χ1v) is 7.29. The maximum atomic E-state index is 2.63. The highest BCUT2D eigenvalue weighted by Gasteiger charge is 2.27. The zero-order valence-electron chi connectivity index (χ0n) is 11.3. The average Bonchev–Trinajstić information content (AvgIpc) is 2.51. The van der Waals surface area contributed by atoms with Crippen molar-refractivity contribution in [2.75, 3.05) is 13.1 Å². The second-order valence-electron chi connectivity index (χ2n) is 5.32. The molecule has 1 aliphatic heterocycles. The van der Waals surface area contributed by atoms with Crippen LogP contribution < -0.4 is 10.9 Å². The minimum Gasteiger partial charge on any atom is -0.334 e. The lowest BCUT2D eigenvalue weighted by Crippen LogP contribution is -2.57. The van der Waals surface area contributed by atoms with E-state index in [2.05, 4.69) is 65.5 Å². The first kappa shape index (κ1) is 12.5. The van der Waals surface area contributed by atoms with E-state index in [1.54, 1.807) is 0 Å². The molecule has 0 aromatic heterocycles. The van der Waals surface area contributed by atoms with Gasteiger partial charge >= 0.3 is 0 Å². The van der Waals surface area contributed by atoms with Crippen LogP contribution in [0.1, 0.15) is 19.3 Å². The van der Waals surface area contributed by atoms with Gasteiger partial charge in [-0.2, -0.15) is 0 Å². The molecule has 19 heavy (non-hydrogen) atoms. The molecule has 0 aliphatic carbocycles. The summed E-state index contributed by atoms with van der Waals surface area (Å²) >= 11 is 0. The van der Waals surface area contributed by atoms with Crippen molar-refractivity contribution >= 4 is 17.8 Å². The fourth-order valence-electron chi connectivity index (χ4n) is 3.06. The van der Waals surface area contributed by atoms with Crippen LogP contribution in [0.3, 0.4) is 0 Å². The van der Waals surface area contributed by atoms with Gasteiger partial charge in [-0.15, -0.1) is 0 Å². The quantitative estimate of drug-likeness (QED) is 0.754.